The smallest absolute Gasteiger partial charge is 0.293 e. The van der Waals surface area contributed by atoms with Crippen LogP contribution in [0.25, 0.3) is 0 Å². The van der Waals surface area contributed by atoms with Gasteiger partial charge in [-0.1, -0.05) is 53.9 Å². The van der Waals surface area contributed by atoms with Crippen LogP contribution in [0, 0.1) is 52.3 Å². The lowest BCUT2D eigenvalue weighted by molar-refractivity contribution is -0.151. The van der Waals surface area contributed by atoms with Gasteiger partial charge in [-0.2, -0.15) is 0 Å². The van der Waals surface area contributed by atoms with Crippen molar-refractivity contribution in [3.63, 3.8) is 0 Å². The van der Waals surface area contributed by atoms with Crippen LogP contribution in [0.2, 0.25) is 0 Å². The van der Waals surface area contributed by atoms with Crippen LogP contribution in [0.15, 0.2) is 0 Å². The number of carbonyl (C=O) groups excluding carboxylic acids is 1. The van der Waals surface area contributed by atoms with Crippen LogP contribution in [-0.4, -0.2) is 12.6 Å². The minimum absolute atomic E-state index is 0.188. The van der Waals surface area contributed by atoms with Crippen LogP contribution in [0.5, 0.6) is 0 Å². The first-order chi connectivity index (χ1) is 14.3. The van der Waals surface area contributed by atoms with Crippen LogP contribution in [0.4, 0.5) is 0 Å². The first kappa shape index (κ1) is 22.7. The van der Waals surface area contributed by atoms with Gasteiger partial charge in [-0.05, 0) is 110 Å². The monoisotopic (exact) mass is 416 g/mol. The van der Waals surface area contributed by atoms with Crippen molar-refractivity contribution in [1.29, 1.82) is 0 Å². The number of ether oxygens (including phenoxy) is 1. The Balaban J connectivity index is 1.44. The van der Waals surface area contributed by atoms with Crippen molar-refractivity contribution in [2.45, 2.75) is 118 Å². The maximum Gasteiger partial charge on any atom is 0.293 e. The van der Waals surface area contributed by atoms with Crippen molar-refractivity contribution in [1.82, 2.24) is 0 Å². The summed E-state index contributed by atoms with van der Waals surface area (Å²) in [5.41, 5.74) is 1.09. The standard InChI is InChI=1S/C28H48O2/c1-19(2)7-6-8-20(3)24-11-12-25-23-10-9-21-17-22(30-18-29)13-15-27(21,4)26(23)14-16-28(24,25)5/h18-26H,6-17H2,1-5H3/t20-,21+,22-,23+,24-,25+,26+,27+,28-/m1/s1. The third-order valence-electron chi connectivity index (χ3n) is 11.1. The van der Waals surface area contributed by atoms with E-state index >= 15 is 0 Å². The molecule has 172 valence electrons. The molecule has 0 radical (unpaired) electrons. The molecule has 9 atom stereocenters. The summed E-state index contributed by atoms with van der Waals surface area (Å²) < 4.78 is 5.40. The molecule has 0 heterocycles. The van der Waals surface area contributed by atoms with Gasteiger partial charge < -0.3 is 4.74 Å². The minimum Gasteiger partial charge on any atom is -0.465 e. The zero-order chi connectivity index (χ0) is 21.5. The lowest BCUT2D eigenvalue weighted by atomic mass is 9.44. The van der Waals surface area contributed by atoms with E-state index in [-0.39, 0.29) is 6.10 Å². The normalized spacial score (nSPS) is 46.6. The molecule has 4 aliphatic carbocycles. The topological polar surface area (TPSA) is 26.3 Å². The summed E-state index contributed by atoms with van der Waals surface area (Å²) in [4.78, 5) is 10.9. The first-order valence-corrected chi connectivity index (χ1v) is 13.4. The molecule has 2 heteroatoms. The van der Waals surface area contributed by atoms with E-state index in [1.54, 1.807) is 0 Å². The Kier molecular flexibility index (Phi) is 6.63. The molecule has 0 amide bonds. The molecule has 0 aromatic rings. The van der Waals surface area contributed by atoms with Gasteiger partial charge in [0.1, 0.15) is 6.10 Å². The lowest BCUT2D eigenvalue weighted by Crippen LogP contribution is -2.54. The highest BCUT2D eigenvalue weighted by molar-refractivity contribution is 5.37. The van der Waals surface area contributed by atoms with E-state index in [0.29, 0.717) is 17.3 Å². The second kappa shape index (κ2) is 8.78. The molecule has 4 saturated carbocycles. The summed E-state index contributed by atoms with van der Waals surface area (Å²) in [5.74, 6) is 6.32. The number of rotatable bonds is 7. The van der Waals surface area contributed by atoms with Crippen molar-refractivity contribution in [2.24, 2.45) is 52.3 Å². The van der Waals surface area contributed by atoms with Gasteiger partial charge in [0.2, 0.25) is 0 Å². The van der Waals surface area contributed by atoms with Crippen LogP contribution >= 0.6 is 0 Å². The van der Waals surface area contributed by atoms with E-state index in [1.165, 1.54) is 64.2 Å². The van der Waals surface area contributed by atoms with Crippen molar-refractivity contribution >= 4 is 6.47 Å². The lowest BCUT2D eigenvalue weighted by Gasteiger charge is -2.61. The van der Waals surface area contributed by atoms with E-state index < -0.39 is 0 Å². The zero-order valence-electron chi connectivity index (χ0n) is 20.5. The van der Waals surface area contributed by atoms with Gasteiger partial charge in [0.05, 0.1) is 0 Å². The molecule has 2 nitrogen and oxygen atoms in total. The van der Waals surface area contributed by atoms with Crippen molar-refractivity contribution in [2.75, 3.05) is 0 Å². The summed E-state index contributed by atoms with van der Waals surface area (Å²) in [6, 6.07) is 0. The van der Waals surface area contributed by atoms with E-state index in [0.717, 1.165) is 54.3 Å². The summed E-state index contributed by atoms with van der Waals surface area (Å²) in [6.07, 6.45) is 16.7. The summed E-state index contributed by atoms with van der Waals surface area (Å²) in [6.45, 7) is 13.3. The number of hydrogen-bond acceptors (Lipinski definition) is 2. The number of fused-ring (bicyclic) bond motifs is 5. The van der Waals surface area contributed by atoms with Crippen LogP contribution in [0.3, 0.4) is 0 Å². The van der Waals surface area contributed by atoms with Gasteiger partial charge in [-0.3, -0.25) is 4.79 Å². The second-order valence-electron chi connectivity index (χ2n) is 12.8. The molecule has 30 heavy (non-hydrogen) atoms. The molecule has 0 aromatic carbocycles. The SMILES string of the molecule is CC(C)CCC[C@@H](C)[C@H]1CC[C@H]2[C@@H]3CC[C@H]4C[C@H](OC=O)CC[C@]4(C)[C@H]3CC[C@]12C. The summed E-state index contributed by atoms with van der Waals surface area (Å²) >= 11 is 0. The van der Waals surface area contributed by atoms with Crippen LogP contribution < -0.4 is 0 Å². The molecule has 4 fully saturated rings. The maximum absolute atomic E-state index is 10.9. The van der Waals surface area contributed by atoms with E-state index in [2.05, 4.69) is 34.6 Å². The fraction of sp³-hybridized carbons (Fsp3) is 0.964. The number of hydrogen-bond donors (Lipinski definition) is 0. The Bertz CT molecular complexity index is 599. The van der Waals surface area contributed by atoms with E-state index in [4.69, 9.17) is 4.74 Å². The van der Waals surface area contributed by atoms with Crippen molar-refractivity contribution in [3.05, 3.63) is 0 Å². The average molecular weight is 417 g/mol. The molecule has 4 aliphatic rings. The minimum atomic E-state index is 0.188. The fourth-order valence-corrected chi connectivity index (χ4v) is 9.45. The molecule has 0 bridgehead atoms. The van der Waals surface area contributed by atoms with Crippen LogP contribution in [-0.2, 0) is 9.53 Å². The van der Waals surface area contributed by atoms with Gasteiger partial charge >= 0.3 is 0 Å². The fourth-order valence-electron chi connectivity index (χ4n) is 9.45. The molecular weight excluding hydrogens is 368 g/mol. The Morgan fingerprint density at radius 3 is 2.37 bits per heavy atom. The molecule has 0 saturated heterocycles. The maximum atomic E-state index is 10.9. The Morgan fingerprint density at radius 2 is 1.63 bits per heavy atom. The third-order valence-corrected chi connectivity index (χ3v) is 11.1. The third kappa shape index (κ3) is 3.88. The van der Waals surface area contributed by atoms with Crippen LogP contribution in [0.1, 0.15) is 112 Å². The largest absolute Gasteiger partial charge is 0.465 e. The molecule has 0 aromatic heterocycles. The highest BCUT2D eigenvalue weighted by Crippen LogP contribution is 2.68. The van der Waals surface area contributed by atoms with Gasteiger partial charge in [0, 0.05) is 0 Å². The first-order valence-electron chi connectivity index (χ1n) is 13.4. The van der Waals surface area contributed by atoms with Gasteiger partial charge in [0.25, 0.3) is 6.47 Å². The van der Waals surface area contributed by atoms with E-state index in [9.17, 15) is 4.79 Å². The summed E-state index contributed by atoms with van der Waals surface area (Å²) in [7, 11) is 0. The molecular formula is C28H48O2. The quantitative estimate of drug-likeness (QED) is 0.398. The summed E-state index contributed by atoms with van der Waals surface area (Å²) in [5, 5.41) is 0. The predicted molar refractivity (Wildman–Crippen MR) is 124 cm³/mol. The number of carbonyl (C=O) groups is 1. The Morgan fingerprint density at radius 1 is 0.900 bits per heavy atom. The average Bonchev–Trinajstić information content (AvgIpc) is 3.05. The highest BCUT2D eigenvalue weighted by Gasteiger charge is 2.60. The van der Waals surface area contributed by atoms with Gasteiger partial charge in [-0.25, -0.2) is 0 Å². The second-order valence-corrected chi connectivity index (χ2v) is 12.8. The molecule has 0 N–H and O–H groups in total. The van der Waals surface area contributed by atoms with Gasteiger partial charge in [0.15, 0.2) is 0 Å². The molecule has 0 unspecified atom stereocenters. The molecule has 4 rings (SSSR count). The van der Waals surface area contributed by atoms with Crippen molar-refractivity contribution in [3.8, 4) is 0 Å². The van der Waals surface area contributed by atoms with Crippen molar-refractivity contribution < 1.29 is 9.53 Å². The molecule has 0 spiro atoms. The predicted octanol–water partition coefficient (Wildman–Crippen LogP) is 7.65. The zero-order valence-corrected chi connectivity index (χ0v) is 20.5. The highest BCUT2D eigenvalue weighted by atomic mass is 16.5. The van der Waals surface area contributed by atoms with E-state index in [1.807, 2.05) is 0 Å². The van der Waals surface area contributed by atoms with Gasteiger partial charge in [-0.15, -0.1) is 0 Å². The Hall–Kier alpha value is -0.530. The molecule has 0 aliphatic heterocycles. The Labute approximate surface area is 186 Å².